The summed E-state index contributed by atoms with van der Waals surface area (Å²) >= 11 is 0. The number of rotatable bonds is 0. The molecule has 0 saturated carbocycles. The van der Waals surface area contributed by atoms with Gasteiger partial charge in [-0.05, 0) is 0 Å². The van der Waals surface area contributed by atoms with E-state index in [1.807, 2.05) is 30.3 Å². The maximum Gasteiger partial charge on any atom is 2.00 e. The molecule has 0 aliphatic carbocycles. The SMILES string of the molecule is [CH2-]C.[W+2].[c-]1ccccc1. The molecule has 0 bridgehead atoms. The molecule has 0 N–H and O–H groups in total. The zero-order chi connectivity index (χ0) is 6.24. The molecule has 1 rings (SSSR count). The summed E-state index contributed by atoms with van der Waals surface area (Å²) in [5.41, 5.74) is 0. The van der Waals surface area contributed by atoms with Crippen molar-refractivity contribution in [1.29, 1.82) is 0 Å². The summed E-state index contributed by atoms with van der Waals surface area (Å²) in [6, 6.07) is 12.5. The molecule has 9 heavy (non-hydrogen) atoms. The molecule has 1 aromatic carbocycles. The predicted octanol–water partition coefficient (Wildman–Crippen LogP) is 2.32. The summed E-state index contributed by atoms with van der Waals surface area (Å²) < 4.78 is 0. The third-order valence-corrected chi connectivity index (χ3v) is 0.607. The van der Waals surface area contributed by atoms with E-state index in [-0.39, 0.29) is 21.1 Å². The van der Waals surface area contributed by atoms with Crippen LogP contribution in [0.5, 0.6) is 0 Å². The Bertz CT molecular complexity index is 76.5. The van der Waals surface area contributed by atoms with Crippen LogP contribution in [0, 0.1) is 13.0 Å². The summed E-state index contributed by atoms with van der Waals surface area (Å²) in [5.74, 6) is 0. The van der Waals surface area contributed by atoms with Gasteiger partial charge in [-0.15, -0.1) is 0 Å². The van der Waals surface area contributed by atoms with Crippen LogP contribution < -0.4 is 0 Å². The zero-order valence-corrected chi connectivity index (χ0v) is 8.44. The van der Waals surface area contributed by atoms with Gasteiger partial charge in [0, 0.05) is 0 Å². The van der Waals surface area contributed by atoms with E-state index in [0.717, 1.165) is 0 Å². The van der Waals surface area contributed by atoms with Crippen molar-refractivity contribution in [2.24, 2.45) is 0 Å². The van der Waals surface area contributed by atoms with E-state index >= 15 is 0 Å². The fourth-order valence-corrected chi connectivity index (χ4v) is 0.342. The van der Waals surface area contributed by atoms with E-state index in [1.165, 1.54) is 0 Å². The summed E-state index contributed by atoms with van der Waals surface area (Å²) in [7, 11) is 0. The molecule has 0 aromatic heterocycles. The molecule has 0 saturated heterocycles. The second-order valence-electron chi connectivity index (χ2n) is 1.08. The molecule has 0 atom stereocenters. The first kappa shape index (κ1) is 11.7. The van der Waals surface area contributed by atoms with Crippen molar-refractivity contribution >= 4 is 0 Å². The average molecular weight is 290 g/mol. The zero-order valence-electron chi connectivity index (χ0n) is 5.50. The molecule has 0 amide bonds. The predicted molar refractivity (Wildman–Crippen MR) is 36.3 cm³/mol. The van der Waals surface area contributed by atoms with Gasteiger partial charge in [-0.3, -0.25) is 0 Å². The molecule has 0 heterocycles. The third kappa shape index (κ3) is 7.91. The Balaban J connectivity index is 0. The minimum Gasteiger partial charge on any atom is -0.346 e. The van der Waals surface area contributed by atoms with Gasteiger partial charge in [0.05, 0.1) is 0 Å². The Morgan fingerprint density at radius 3 is 1.56 bits per heavy atom. The van der Waals surface area contributed by atoms with E-state index in [1.54, 1.807) is 6.92 Å². The smallest absolute Gasteiger partial charge is 0.346 e. The fourth-order valence-electron chi connectivity index (χ4n) is 0.342. The van der Waals surface area contributed by atoms with Gasteiger partial charge in [0.1, 0.15) is 0 Å². The Kier molecular flexibility index (Phi) is 14.0. The molecule has 0 nitrogen and oxygen atoms in total. The third-order valence-electron chi connectivity index (χ3n) is 0.607. The van der Waals surface area contributed by atoms with Crippen molar-refractivity contribution in [1.82, 2.24) is 0 Å². The van der Waals surface area contributed by atoms with Gasteiger partial charge in [0.2, 0.25) is 0 Å². The van der Waals surface area contributed by atoms with Crippen molar-refractivity contribution in [2.45, 2.75) is 6.92 Å². The van der Waals surface area contributed by atoms with Crippen LogP contribution in [0.3, 0.4) is 0 Å². The molecule has 1 heteroatoms. The van der Waals surface area contributed by atoms with Crippen LogP contribution in [0.2, 0.25) is 0 Å². The molecule has 0 aliphatic heterocycles. The molecule has 1 aromatic rings. The minimum atomic E-state index is 0. The van der Waals surface area contributed by atoms with Crippen LogP contribution in [0.4, 0.5) is 0 Å². The molecule has 0 spiro atoms. The van der Waals surface area contributed by atoms with Gasteiger partial charge in [-0.1, -0.05) is 0 Å². The molecule has 0 aliphatic rings. The van der Waals surface area contributed by atoms with Gasteiger partial charge in [-0.25, -0.2) is 0 Å². The Morgan fingerprint density at radius 1 is 1.00 bits per heavy atom. The molecular formula is C8H10W. The van der Waals surface area contributed by atoms with Crippen LogP contribution >= 0.6 is 0 Å². The van der Waals surface area contributed by atoms with Gasteiger partial charge in [-0.2, -0.15) is 43.3 Å². The number of hydrogen-bond acceptors (Lipinski definition) is 0. The summed E-state index contributed by atoms with van der Waals surface area (Å²) in [6.45, 7) is 5.00. The Hall–Kier alpha value is -0.0917. The fraction of sp³-hybridized carbons (Fsp3) is 0.125. The van der Waals surface area contributed by atoms with E-state index in [9.17, 15) is 0 Å². The van der Waals surface area contributed by atoms with Crippen LogP contribution in [-0.4, -0.2) is 0 Å². The van der Waals surface area contributed by atoms with Crippen LogP contribution in [-0.2, 0) is 21.1 Å². The Morgan fingerprint density at radius 2 is 1.44 bits per heavy atom. The van der Waals surface area contributed by atoms with E-state index in [4.69, 9.17) is 0 Å². The summed E-state index contributed by atoms with van der Waals surface area (Å²) in [6.07, 6.45) is 0. The standard InChI is InChI=1S/C6H5.C2H5.W/c1-2-4-6-5-3-1;1-2;/h1-5H;1H2,2H3;/q2*-1;+2. The van der Waals surface area contributed by atoms with Crippen molar-refractivity contribution < 1.29 is 21.1 Å². The monoisotopic (exact) mass is 290 g/mol. The number of benzene rings is 1. The average Bonchev–Trinajstić information content (AvgIpc) is 1.96. The summed E-state index contributed by atoms with van der Waals surface area (Å²) in [4.78, 5) is 0. The van der Waals surface area contributed by atoms with E-state index < -0.39 is 0 Å². The molecule has 0 fully saturated rings. The first-order valence-electron chi connectivity index (χ1n) is 2.62. The quantitative estimate of drug-likeness (QED) is 0.643. The van der Waals surface area contributed by atoms with Crippen molar-refractivity contribution in [3.8, 4) is 0 Å². The topological polar surface area (TPSA) is 0 Å². The minimum absolute atomic E-state index is 0. The van der Waals surface area contributed by atoms with E-state index in [0.29, 0.717) is 0 Å². The molecule has 0 unspecified atom stereocenters. The number of hydrogen-bond donors (Lipinski definition) is 0. The van der Waals surface area contributed by atoms with Crippen molar-refractivity contribution in [3.05, 3.63) is 43.3 Å². The van der Waals surface area contributed by atoms with Crippen molar-refractivity contribution in [3.63, 3.8) is 0 Å². The molecular weight excluding hydrogens is 280 g/mol. The first-order chi connectivity index (χ1) is 4.00. The first-order valence-corrected chi connectivity index (χ1v) is 2.62. The Labute approximate surface area is 71.6 Å². The van der Waals surface area contributed by atoms with Crippen molar-refractivity contribution in [2.75, 3.05) is 0 Å². The van der Waals surface area contributed by atoms with Gasteiger partial charge >= 0.3 is 21.1 Å². The normalized spacial score (nSPS) is 6.00. The van der Waals surface area contributed by atoms with Gasteiger partial charge < -0.3 is 6.92 Å². The molecule has 0 radical (unpaired) electrons. The summed E-state index contributed by atoms with van der Waals surface area (Å²) in [5, 5.41) is 0. The van der Waals surface area contributed by atoms with Crippen LogP contribution in [0.25, 0.3) is 0 Å². The van der Waals surface area contributed by atoms with Crippen LogP contribution in [0.1, 0.15) is 6.92 Å². The van der Waals surface area contributed by atoms with Gasteiger partial charge in [0.25, 0.3) is 0 Å². The molecule has 48 valence electrons. The largest absolute Gasteiger partial charge is 2.00 e. The maximum atomic E-state index is 3.25. The maximum absolute atomic E-state index is 3.25. The second kappa shape index (κ2) is 10.8. The van der Waals surface area contributed by atoms with E-state index in [2.05, 4.69) is 13.0 Å². The second-order valence-corrected chi connectivity index (χ2v) is 1.08. The van der Waals surface area contributed by atoms with Gasteiger partial charge in [0.15, 0.2) is 0 Å². The van der Waals surface area contributed by atoms with Crippen LogP contribution in [0.15, 0.2) is 30.3 Å².